The van der Waals surface area contributed by atoms with Crippen molar-refractivity contribution in [3.63, 3.8) is 0 Å². The molecule has 2 N–H and O–H groups in total. The van der Waals surface area contributed by atoms with E-state index in [1.165, 1.54) is 0 Å². The summed E-state index contributed by atoms with van der Waals surface area (Å²) in [5.74, 6) is 0.641. The van der Waals surface area contributed by atoms with Gasteiger partial charge in [-0.3, -0.25) is 9.59 Å². The van der Waals surface area contributed by atoms with Crippen molar-refractivity contribution in [2.75, 3.05) is 25.8 Å². The molecule has 0 saturated carbocycles. The van der Waals surface area contributed by atoms with Gasteiger partial charge in [0.25, 0.3) is 5.91 Å². The van der Waals surface area contributed by atoms with Crippen LogP contribution in [0, 0.1) is 6.92 Å². The predicted octanol–water partition coefficient (Wildman–Crippen LogP) is 6.73. The highest BCUT2D eigenvalue weighted by molar-refractivity contribution is 7.98. The number of benzene rings is 3. The van der Waals surface area contributed by atoms with Gasteiger partial charge in [-0.25, -0.2) is 0 Å². The fraction of sp³-hybridized carbons (Fsp3) is 0.273. The zero-order valence-corrected chi connectivity index (χ0v) is 24.3. The van der Waals surface area contributed by atoms with Crippen LogP contribution in [-0.4, -0.2) is 32.2 Å². The van der Waals surface area contributed by atoms with Crippen molar-refractivity contribution in [2.24, 2.45) is 0 Å². The number of nitrogens with one attached hydrogen (secondary N) is 2. The highest BCUT2D eigenvalue weighted by atomic mass is 32.2. The lowest BCUT2D eigenvalue weighted by molar-refractivity contribution is -0.116. The maximum absolute atomic E-state index is 14.0. The number of rotatable bonds is 7. The Labute approximate surface area is 239 Å². The smallest absolute Gasteiger partial charge is 0.254 e. The molecule has 1 heterocycles. The van der Waals surface area contributed by atoms with E-state index < -0.39 is 5.92 Å². The first-order chi connectivity index (χ1) is 19.3. The minimum atomic E-state index is -0.462. The Bertz CT molecular complexity index is 1510. The van der Waals surface area contributed by atoms with Crippen LogP contribution in [0.2, 0.25) is 0 Å². The van der Waals surface area contributed by atoms with Crippen molar-refractivity contribution in [3.8, 4) is 11.5 Å². The topological polar surface area (TPSA) is 76.7 Å². The first-order valence-electron chi connectivity index (χ1n) is 13.3. The molecule has 0 radical (unpaired) electrons. The lowest BCUT2D eigenvalue weighted by Crippen LogP contribution is -2.37. The highest BCUT2D eigenvalue weighted by Crippen LogP contribution is 2.46. The van der Waals surface area contributed by atoms with Crippen LogP contribution in [0.15, 0.2) is 94.2 Å². The van der Waals surface area contributed by atoms with Crippen molar-refractivity contribution in [2.45, 2.75) is 43.4 Å². The number of carbonyl (C=O) groups is 2. The molecule has 3 aromatic rings. The maximum Gasteiger partial charge on any atom is 0.254 e. The van der Waals surface area contributed by atoms with Crippen LogP contribution in [0.4, 0.5) is 5.69 Å². The summed E-state index contributed by atoms with van der Waals surface area (Å²) in [5, 5.41) is 6.52. The second-order valence-corrected chi connectivity index (χ2v) is 11.1. The predicted molar refractivity (Wildman–Crippen MR) is 160 cm³/mol. The summed E-state index contributed by atoms with van der Waals surface area (Å²) in [7, 11) is 3.22. The number of anilines is 1. The summed E-state index contributed by atoms with van der Waals surface area (Å²) < 4.78 is 10.9. The number of carbonyl (C=O) groups excluding carboxylic acids is 2. The van der Waals surface area contributed by atoms with Gasteiger partial charge in [0.2, 0.25) is 0 Å². The average molecular weight is 555 g/mol. The Morgan fingerprint density at radius 2 is 1.57 bits per heavy atom. The lowest BCUT2D eigenvalue weighted by Gasteiger charge is -2.37. The number of hydrogen-bond acceptors (Lipinski definition) is 6. The molecule has 3 aromatic carbocycles. The van der Waals surface area contributed by atoms with Crippen LogP contribution in [0.3, 0.4) is 0 Å². The molecule has 1 aliphatic heterocycles. The molecule has 1 amide bonds. The molecule has 1 aliphatic carbocycles. The van der Waals surface area contributed by atoms with Gasteiger partial charge in [0.05, 0.1) is 14.2 Å². The molecule has 0 fully saturated rings. The van der Waals surface area contributed by atoms with Crippen molar-refractivity contribution in [1.82, 2.24) is 5.32 Å². The van der Waals surface area contributed by atoms with Gasteiger partial charge in [-0.2, -0.15) is 0 Å². The first-order valence-corrected chi connectivity index (χ1v) is 14.5. The van der Waals surface area contributed by atoms with E-state index in [9.17, 15) is 9.59 Å². The second kappa shape index (κ2) is 11.6. The van der Waals surface area contributed by atoms with Crippen LogP contribution in [-0.2, 0) is 9.59 Å². The Kier molecular flexibility index (Phi) is 8.03. The number of Topliss-reactive ketones (excluding diaryl/α,β-unsaturated/α-hetero) is 1. The quantitative estimate of drug-likeness (QED) is 0.315. The summed E-state index contributed by atoms with van der Waals surface area (Å²) >= 11 is 1.66. The number of ketones is 1. The van der Waals surface area contributed by atoms with Crippen molar-refractivity contribution < 1.29 is 19.1 Å². The molecule has 7 heteroatoms. The standard InChI is InChI=1S/C33H34N2O4S/c1-19-6-11-24(12-7-19)35-33(37)30-20(2)34-26-16-23(22-10-15-28(38-3)29(18-22)39-4)17-27(36)32(26)31(30)21-8-13-25(40-5)14-9-21/h6-15,18,23,31,34H,16-17H2,1-5H3,(H,35,37). The summed E-state index contributed by atoms with van der Waals surface area (Å²) in [6.45, 7) is 3.93. The first kappa shape index (κ1) is 27.6. The average Bonchev–Trinajstić information content (AvgIpc) is 2.97. The summed E-state index contributed by atoms with van der Waals surface area (Å²) in [6, 6.07) is 21.7. The van der Waals surface area contributed by atoms with E-state index in [1.54, 1.807) is 26.0 Å². The molecule has 2 aliphatic rings. The van der Waals surface area contributed by atoms with E-state index in [-0.39, 0.29) is 17.6 Å². The third-order valence-electron chi connectivity index (χ3n) is 7.71. The van der Waals surface area contributed by atoms with Gasteiger partial charge >= 0.3 is 0 Å². The number of methoxy groups -OCH3 is 2. The van der Waals surface area contributed by atoms with E-state index in [1.807, 2.05) is 86.8 Å². The van der Waals surface area contributed by atoms with Gasteiger partial charge in [-0.1, -0.05) is 35.9 Å². The zero-order chi connectivity index (χ0) is 28.4. The van der Waals surface area contributed by atoms with Crippen LogP contribution in [0.5, 0.6) is 11.5 Å². The largest absolute Gasteiger partial charge is 0.493 e. The van der Waals surface area contributed by atoms with E-state index in [4.69, 9.17) is 9.47 Å². The summed E-state index contributed by atoms with van der Waals surface area (Å²) in [4.78, 5) is 28.9. The van der Waals surface area contributed by atoms with Crippen LogP contribution >= 0.6 is 11.8 Å². The summed E-state index contributed by atoms with van der Waals surface area (Å²) in [6.07, 6.45) is 3.03. The maximum atomic E-state index is 14.0. The number of dihydropyridines is 1. The van der Waals surface area contributed by atoms with Gasteiger partial charge in [-0.15, -0.1) is 11.8 Å². The molecular weight excluding hydrogens is 520 g/mol. The fourth-order valence-electron chi connectivity index (χ4n) is 5.65. The molecule has 2 atom stereocenters. The number of ether oxygens (including phenoxy) is 2. The Morgan fingerprint density at radius 3 is 2.23 bits per heavy atom. The van der Waals surface area contributed by atoms with Gasteiger partial charge in [-0.05, 0) is 80.0 Å². The molecule has 0 saturated heterocycles. The van der Waals surface area contributed by atoms with Gasteiger partial charge < -0.3 is 20.1 Å². The van der Waals surface area contributed by atoms with Crippen LogP contribution in [0.25, 0.3) is 0 Å². The van der Waals surface area contributed by atoms with Crippen molar-refractivity contribution >= 4 is 29.1 Å². The van der Waals surface area contributed by atoms with E-state index in [2.05, 4.69) is 10.6 Å². The number of allylic oxidation sites excluding steroid dienone is 3. The highest BCUT2D eigenvalue weighted by Gasteiger charge is 2.41. The molecule has 0 bridgehead atoms. The Balaban J connectivity index is 1.54. The number of thioether (sulfide) groups is 1. The summed E-state index contributed by atoms with van der Waals surface area (Å²) in [5.41, 5.74) is 6.65. The van der Waals surface area contributed by atoms with E-state index in [0.29, 0.717) is 35.5 Å². The van der Waals surface area contributed by atoms with E-state index >= 15 is 0 Å². The van der Waals surface area contributed by atoms with Gasteiger partial charge in [0.1, 0.15) is 0 Å². The molecular formula is C33H34N2O4S. The molecule has 6 nitrogen and oxygen atoms in total. The molecule has 40 heavy (non-hydrogen) atoms. The second-order valence-electron chi connectivity index (χ2n) is 10.2. The fourth-order valence-corrected chi connectivity index (χ4v) is 6.06. The van der Waals surface area contributed by atoms with Gasteiger partial charge in [0, 0.05) is 45.5 Å². The lowest BCUT2D eigenvalue weighted by atomic mass is 9.71. The Hall–Kier alpha value is -3.97. The molecule has 206 valence electrons. The van der Waals surface area contributed by atoms with Crippen LogP contribution < -0.4 is 20.1 Å². The van der Waals surface area contributed by atoms with Crippen LogP contribution in [0.1, 0.15) is 48.3 Å². The minimum absolute atomic E-state index is 0.0196. The number of hydrogen-bond donors (Lipinski definition) is 2. The molecule has 0 aromatic heterocycles. The van der Waals surface area contributed by atoms with Crippen molar-refractivity contribution in [3.05, 3.63) is 106 Å². The SMILES string of the molecule is COc1ccc(C2CC(=O)C3=C(C2)NC(C)=C(C(=O)Nc2ccc(C)cc2)C3c2ccc(SC)cc2)cc1OC. The third kappa shape index (κ3) is 5.39. The van der Waals surface area contributed by atoms with Crippen molar-refractivity contribution in [1.29, 1.82) is 0 Å². The number of aryl methyl sites for hydroxylation is 1. The molecule has 2 unspecified atom stereocenters. The van der Waals surface area contributed by atoms with E-state index in [0.717, 1.165) is 38.7 Å². The molecule has 5 rings (SSSR count). The normalized spacial score (nSPS) is 18.7. The third-order valence-corrected chi connectivity index (χ3v) is 8.45. The minimum Gasteiger partial charge on any atom is -0.493 e. The number of amides is 1. The van der Waals surface area contributed by atoms with Gasteiger partial charge in [0.15, 0.2) is 17.3 Å². The monoisotopic (exact) mass is 554 g/mol. The zero-order valence-electron chi connectivity index (χ0n) is 23.5. The Morgan fingerprint density at radius 1 is 0.900 bits per heavy atom. The molecule has 0 spiro atoms.